The molecule has 2 aliphatic rings. The van der Waals surface area contributed by atoms with E-state index in [0.717, 1.165) is 12.0 Å². The van der Waals surface area contributed by atoms with Crippen LogP contribution in [0, 0.1) is 11.6 Å². The SMILES string of the molecule is O=C(NCc1cccc2c1OCCCO2)NC1CC1c1c(F)cccc1F. The second-order valence-corrected chi connectivity index (χ2v) is 6.71. The average Bonchev–Trinajstić information content (AvgIpc) is 3.42. The fourth-order valence-corrected chi connectivity index (χ4v) is 3.33. The molecule has 5 nitrogen and oxygen atoms in total. The van der Waals surface area contributed by atoms with Crippen LogP contribution in [0.25, 0.3) is 0 Å². The summed E-state index contributed by atoms with van der Waals surface area (Å²) in [6, 6.07) is 8.69. The van der Waals surface area contributed by atoms with Gasteiger partial charge in [0, 0.05) is 36.1 Å². The minimum absolute atomic E-state index is 0.0433. The first kappa shape index (κ1) is 17.6. The van der Waals surface area contributed by atoms with Crippen molar-refractivity contribution in [3.63, 3.8) is 0 Å². The summed E-state index contributed by atoms with van der Waals surface area (Å²) in [7, 11) is 0. The highest BCUT2D eigenvalue weighted by Gasteiger charge is 2.42. The average molecular weight is 374 g/mol. The van der Waals surface area contributed by atoms with Crippen LogP contribution in [0.2, 0.25) is 0 Å². The number of amides is 2. The van der Waals surface area contributed by atoms with E-state index in [1.165, 1.54) is 18.2 Å². The van der Waals surface area contributed by atoms with E-state index in [1.807, 2.05) is 18.2 Å². The molecule has 2 aromatic carbocycles. The molecule has 0 radical (unpaired) electrons. The summed E-state index contributed by atoms with van der Waals surface area (Å²) in [6.45, 7) is 1.43. The third kappa shape index (κ3) is 3.82. The molecule has 0 bridgehead atoms. The predicted octanol–water partition coefficient (Wildman–Crippen LogP) is 3.48. The quantitative estimate of drug-likeness (QED) is 0.861. The lowest BCUT2D eigenvalue weighted by Gasteiger charge is -2.13. The van der Waals surface area contributed by atoms with E-state index in [1.54, 1.807) is 0 Å². The van der Waals surface area contributed by atoms with Gasteiger partial charge in [-0.1, -0.05) is 18.2 Å². The number of hydrogen-bond acceptors (Lipinski definition) is 3. The van der Waals surface area contributed by atoms with Gasteiger partial charge in [-0.25, -0.2) is 13.6 Å². The van der Waals surface area contributed by atoms with Crippen molar-refractivity contribution in [3.05, 3.63) is 59.2 Å². The molecule has 1 fully saturated rings. The topological polar surface area (TPSA) is 59.6 Å². The van der Waals surface area contributed by atoms with Gasteiger partial charge in [-0.3, -0.25) is 0 Å². The van der Waals surface area contributed by atoms with Crippen LogP contribution in [0.5, 0.6) is 11.5 Å². The standard InChI is InChI=1S/C20H20F2N2O3/c21-14-5-2-6-15(22)18(14)13-10-16(13)24-20(25)23-11-12-4-1-7-17-19(12)27-9-3-8-26-17/h1-2,4-7,13,16H,3,8-11H2,(H2,23,24,25). The summed E-state index contributed by atoms with van der Waals surface area (Å²) in [5.74, 6) is -0.165. The lowest BCUT2D eigenvalue weighted by Crippen LogP contribution is -2.37. The summed E-state index contributed by atoms with van der Waals surface area (Å²) in [4.78, 5) is 12.2. The Morgan fingerprint density at radius 1 is 1.07 bits per heavy atom. The molecule has 1 aliphatic carbocycles. The molecular weight excluding hydrogens is 354 g/mol. The monoisotopic (exact) mass is 374 g/mol. The largest absolute Gasteiger partial charge is 0.490 e. The first-order chi connectivity index (χ1) is 13.1. The zero-order chi connectivity index (χ0) is 18.8. The van der Waals surface area contributed by atoms with Gasteiger partial charge < -0.3 is 20.1 Å². The smallest absolute Gasteiger partial charge is 0.315 e. The van der Waals surface area contributed by atoms with Crippen LogP contribution in [0.15, 0.2) is 36.4 Å². The number of ether oxygens (including phenoxy) is 2. The maximum Gasteiger partial charge on any atom is 0.315 e. The Balaban J connectivity index is 1.34. The maximum absolute atomic E-state index is 13.8. The second kappa shape index (κ2) is 7.42. The van der Waals surface area contributed by atoms with Crippen LogP contribution >= 0.6 is 0 Å². The Morgan fingerprint density at radius 2 is 1.81 bits per heavy atom. The van der Waals surface area contributed by atoms with Crippen LogP contribution in [-0.4, -0.2) is 25.3 Å². The zero-order valence-corrected chi connectivity index (χ0v) is 14.6. The molecule has 1 saturated carbocycles. The normalized spacial score (nSPS) is 20.5. The number of halogens is 2. The molecule has 0 aromatic heterocycles. The molecule has 2 atom stereocenters. The van der Waals surface area contributed by atoms with Crippen molar-refractivity contribution in [3.8, 4) is 11.5 Å². The van der Waals surface area contributed by atoms with Gasteiger partial charge in [0.2, 0.25) is 0 Å². The van der Waals surface area contributed by atoms with Crippen molar-refractivity contribution in [2.75, 3.05) is 13.2 Å². The maximum atomic E-state index is 13.8. The number of rotatable bonds is 4. The highest BCUT2D eigenvalue weighted by Crippen LogP contribution is 2.43. The van der Waals surface area contributed by atoms with Crippen molar-refractivity contribution in [2.24, 2.45) is 0 Å². The molecule has 2 N–H and O–H groups in total. The molecule has 0 spiro atoms. The van der Waals surface area contributed by atoms with Gasteiger partial charge in [-0.05, 0) is 24.6 Å². The molecule has 1 aliphatic heterocycles. The fraction of sp³-hybridized carbons (Fsp3) is 0.350. The van der Waals surface area contributed by atoms with Gasteiger partial charge >= 0.3 is 6.03 Å². The lowest BCUT2D eigenvalue weighted by atomic mass is 10.1. The minimum atomic E-state index is -0.575. The van der Waals surface area contributed by atoms with E-state index in [0.29, 0.717) is 31.1 Å². The summed E-state index contributed by atoms with van der Waals surface area (Å²) in [5.41, 5.74) is 0.860. The van der Waals surface area contributed by atoms with Gasteiger partial charge in [0.25, 0.3) is 0 Å². The van der Waals surface area contributed by atoms with Crippen molar-refractivity contribution in [2.45, 2.75) is 31.3 Å². The highest BCUT2D eigenvalue weighted by molar-refractivity contribution is 5.75. The minimum Gasteiger partial charge on any atom is -0.490 e. The molecule has 2 unspecified atom stereocenters. The van der Waals surface area contributed by atoms with Crippen LogP contribution < -0.4 is 20.1 Å². The van der Waals surface area contributed by atoms with Gasteiger partial charge in [0.05, 0.1) is 13.2 Å². The van der Waals surface area contributed by atoms with Gasteiger partial charge in [0.15, 0.2) is 11.5 Å². The molecule has 1 heterocycles. The number of carbonyl (C=O) groups is 1. The van der Waals surface area contributed by atoms with Crippen molar-refractivity contribution in [1.82, 2.24) is 10.6 Å². The molecule has 142 valence electrons. The van der Waals surface area contributed by atoms with Crippen molar-refractivity contribution in [1.29, 1.82) is 0 Å². The van der Waals surface area contributed by atoms with E-state index >= 15 is 0 Å². The molecule has 7 heteroatoms. The highest BCUT2D eigenvalue weighted by atomic mass is 19.1. The Morgan fingerprint density at radius 3 is 2.63 bits per heavy atom. The van der Waals surface area contributed by atoms with E-state index in [-0.39, 0.29) is 30.1 Å². The molecule has 2 amide bonds. The summed E-state index contributed by atoms with van der Waals surface area (Å²) >= 11 is 0. The third-order valence-corrected chi connectivity index (χ3v) is 4.77. The van der Waals surface area contributed by atoms with Crippen LogP contribution in [0.1, 0.15) is 29.9 Å². The number of para-hydroxylation sites is 1. The van der Waals surface area contributed by atoms with Crippen LogP contribution in [0.3, 0.4) is 0 Å². The van der Waals surface area contributed by atoms with Crippen molar-refractivity contribution >= 4 is 6.03 Å². The molecular formula is C20H20F2N2O3. The fourth-order valence-electron chi connectivity index (χ4n) is 3.33. The number of hydrogen-bond donors (Lipinski definition) is 2. The molecule has 27 heavy (non-hydrogen) atoms. The second-order valence-electron chi connectivity index (χ2n) is 6.71. The predicted molar refractivity (Wildman–Crippen MR) is 94.9 cm³/mol. The van der Waals surface area contributed by atoms with Crippen LogP contribution in [0.4, 0.5) is 13.6 Å². The Hall–Kier alpha value is -2.83. The molecule has 0 saturated heterocycles. The Kier molecular flexibility index (Phi) is 4.83. The summed E-state index contributed by atoms with van der Waals surface area (Å²) < 4.78 is 39.0. The van der Waals surface area contributed by atoms with E-state index < -0.39 is 11.6 Å². The number of urea groups is 1. The number of benzene rings is 2. The van der Waals surface area contributed by atoms with Gasteiger partial charge in [-0.15, -0.1) is 0 Å². The van der Waals surface area contributed by atoms with Crippen LogP contribution in [-0.2, 0) is 6.54 Å². The lowest BCUT2D eigenvalue weighted by molar-refractivity contribution is 0.239. The molecule has 2 aromatic rings. The first-order valence-electron chi connectivity index (χ1n) is 8.99. The summed E-state index contributed by atoms with van der Waals surface area (Å²) in [6.07, 6.45) is 1.32. The number of fused-ring (bicyclic) bond motifs is 1. The Labute approximate surface area is 155 Å². The molecule has 4 rings (SSSR count). The van der Waals surface area contributed by atoms with Crippen molar-refractivity contribution < 1.29 is 23.0 Å². The van der Waals surface area contributed by atoms with E-state index in [9.17, 15) is 13.6 Å². The van der Waals surface area contributed by atoms with Gasteiger partial charge in [0.1, 0.15) is 11.6 Å². The number of carbonyl (C=O) groups excluding carboxylic acids is 1. The summed E-state index contributed by atoms with van der Waals surface area (Å²) in [5, 5.41) is 5.53. The third-order valence-electron chi connectivity index (χ3n) is 4.77. The Bertz CT molecular complexity index is 839. The number of nitrogens with one attached hydrogen (secondary N) is 2. The van der Waals surface area contributed by atoms with E-state index in [2.05, 4.69) is 10.6 Å². The first-order valence-corrected chi connectivity index (χ1v) is 8.99. The van der Waals surface area contributed by atoms with E-state index in [4.69, 9.17) is 9.47 Å². The van der Waals surface area contributed by atoms with Gasteiger partial charge in [-0.2, -0.15) is 0 Å². The zero-order valence-electron chi connectivity index (χ0n) is 14.6.